The minimum atomic E-state index is -3.66. The molecule has 4 rings (SSSR count). The summed E-state index contributed by atoms with van der Waals surface area (Å²) in [6.07, 6.45) is 1.56. The third-order valence-electron chi connectivity index (χ3n) is 5.64. The number of carbonyl (C=O) groups is 2. The molecule has 0 spiro atoms. The topological polar surface area (TPSA) is 119 Å². The third-order valence-corrected chi connectivity index (χ3v) is 8.41. The Morgan fingerprint density at radius 3 is 2.34 bits per heavy atom. The average Bonchev–Trinajstić information content (AvgIpc) is 3.54. The van der Waals surface area contributed by atoms with E-state index < -0.39 is 15.9 Å². The fourth-order valence-corrected chi connectivity index (χ4v) is 5.86. The molecule has 4 aromatic rings. The van der Waals surface area contributed by atoms with E-state index in [2.05, 4.69) is 15.2 Å². The molecule has 11 heteroatoms. The van der Waals surface area contributed by atoms with Crippen LogP contribution in [0.5, 0.6) is 0 Å². The number of esters is 1. The highest BCUT2D eigenvalue weighted by Crippen LogP contribution is 2.22. The van der Waals surface area contributed by atoms with Crippen molar-refractivity contribution in [3.63, 3.8) is 0 Å². The van der Waals surface area contributed by atoms with Gasteiger partial charge >= 0.3 is 5.97 Å². The number of hydrazone groups is 1. The van der Waals surface area contributed by atoms with Crippen molar-refractivity contribution in [2.75, 3.05) is 11.3 Å². The van der Waals surface area contributed by atoms with E-state index in [1.165, 1.54) is 30.3 Å². The number of benzene rings is 2. The van der Waals surface area contributed by atoms with Gasteiger partial charge in [0.2, 0.25) is 0 Å². The molecule has 0 aliphatic rings. The Morgan fingerprint density at radius 1 is 1.03 bits per heavy atom. The van der Waals surface area contributed by atoms with Gasteiger partial charge in [0.15, 0.2) is 0 Å². The Morgan fingerprint density at radius 2 is 1.71 bits per heavy atom. The van der Waals surface area contributed by atoms with Gasteiger partial charge in [0.05, 0.1) is 18.4 Å². The number of amides is 1. The summed E-state index contributed by atoms with van der Waals surface area (Å²) < 4.78 is 34.5. The maximum Gasteiger partial charge on any atom is 0.338 e. The smallest absolute Gasteiger partial charge is 0.338 e. The SMILES string of the molecule is CCOC(=O)c1ccc(-n2c(C)cc(C=NNC(=O)c3ccc(NS(=O)(=O)c4cccs4)cc3)c2C)cc1. The van der Waals surface area contributed by atoms with Crippen molar-refractivity contribution in [2.45, 2.75) is 25.0 Å². The number of hydrogen-bond acceptors (Lipinski definition) is 7. The molecule has 0 aliphatic carbocycles. The predicted octanol–water partition coefficient (Wildman–Crippen LogP) is 4.90. The van der Waals surface area contributed by atoms with Crippen LogP contribution in [-0.4, -0.2) is 37.7 Å². The Labute approximate surface area is 224 Å². The number of nitrogens with one attached hydrogen (secondary N) is 2. The van der Waals surface area contributed by atoms with Gasteiger partial charge in [-0.05, 0) is 86.8 Å². The van der Waals surface area contributed by atoms with Crippen LogP contribution >= 0.6 is 11.3 Å². The number of ether oxygens (including phenoxy) is 1. The molecule has 0 aliphatic heterocycles. The van der Waals surface area contributed by atoms with Crippen molar-refractivity contribution in [1.82, 2.24) is 9.99 Å². The summed E-state index contributed by atoms with van der Waals surface area (Å²) >= 11 is 1.12. The van der Waals surface area contributed by atoms with E-state index in [0.29, 0.717) is 23.4 Å². The molecule has 0 fully saturated rings. The number of sulfonamides is 1. The Bertz CT molecular complexity index is 1570. The van der Waals surface area contributed by atoms with Gasteiger partial charge in [-0.1, -0.05) is 6.07 Å². The van der Waals surface area contributed by atoms with Gasteiger partial charge in [-0.2, -0.15) is 5.10 Å². The zero-order valence-corrected chi connectivity index (χ0v) is 22.6. The summed E-state index contributed by atoms with van der Waals surface area (Å²) in [7, 11) is -3.66. The van der Waals surface area contributed by atoms with Crippen molar-refractivity contribution in [3.05, 3.63) is 100 Å². The van der Waals surface area contributed by atoms with E-state index in [4.69, 9.17) is 4.74 Å². The van der Waals surface area contributed by atoms with Gasteiger partial charge in [0.25, 0.3) is 15.9 Å². The van der Waals surface area contributed by atoms with Gasteiger partial charge < -0.3 is 9.30 Å². The van der Waals surface area contributed by atoms with E-state index in [0.717, 1.165) is 34.0 Å². The fourth-order valence-electron chi connectivity index (χ4n) is 3.81. The van der Waals surface area contributed by atoms with Crippen LogP contribution in [0, 0.1) is 13.8 Å². The third kappa shape index (κ3) is 6.01. The molecular formula is C27H26N4O5S2. The predicted molar refractivity (Wildman–Crippen MR) is 148 cm³/mol. The van der Waals surface area contributed by atoms with E-state index >= 15 is 0 Å². The van der Waals surface area contributed by atoms with Gasteiger partial charge in [0, 0.05) is 33.9 Å². The number of anilines is 1. The Kier molecular flexibility index (Phi) is 8.08. The highest BCUT2D eigenvalue weighted by molar-refractivity contribution is 7.94. The largest absolute Gasteiger partial charge is 0.462 e. The highest BCUT2D eigenvalue weighted by atomic mass is 32.2. The number of thiophene rings is 1. The number of rotatable bonds is 9. The van der Waals surface area contributed by atoms with Crippen LogP contribution in [0.25, 0.3) is 5.69 Å². The first-order valence-corrected chi connectivity index (χ1v) is 14.0. The minimum absolute atomic E-state index is 0.210. The summed E-state index contributed by atoms with van der Waals surface area (Å²) in [5, 5.41) is 5.78. The van der Waals surface area contributed by atoms with Crippen LogP contribution in [-0.2, 0) is 14.8 Å². The molecule has 0 unspecified atom stereocenters. The molecule has 1 amide bonds. The molecule has 196 valence electrons. The average molecular weight is 551 g/mol. The fraction of sp³-hybridized carbons (Fsp3) is 0.148. The molecule has 2 aromatic carbocycles. The first-order chi connectivity index (χ1) is 18.2. The van der Waals surface area contributed by atoms with E-state index in [-0.39, 0.29) is 10.2 Å². The number of nitrogens with zero attached hydrogens (tertiary/aromatic N) is 2. The molecule has 0 saturated carbocycles. The lowest BCUT2D eigenvalue weighted by atomic mass is 10.2. The normalized spacial score (nSPS) is 11.4. The molecule has 9 nitrogen and oxygen atoms in total. The maximum absolute atomic E-state index is 12.5. The van der Waals surface area contributed by atoms with E-state index in [9.17, 15) is 18.0 Å². The second-order valence-electron chi connectivity index (χ2n) is 8.24. The Balaban J connectivity index is 1.40. The van der Waals surface area contributed by atoms with Crippen LogP contribution in [0.4, 0.5) is 5.69 Å². The zero-order valence-electron chi connectivity index (χ0n) is 21.0. The van der Waals surface area contributed by atoms with Crippen molar-refractivity contribution in [3.8, 4) is 5.69 Å². The molecule has 2 heterocycles. The van der Waals surface area contributed by atoms with Crippen LogP contribution in [0.2, 0.25) is 0 Å². The zero-order chi connectivity index (χ0) is 27.3. The first kappa shape index (κ1) is 26.8. The lowest BCUT2D eigenvalue weighted by molar-refractivity contribution is 0.0526. The molecule has 38 heavy (non-hydrogen) atoms. The lowest BCUT2D eigenvalue weighted by Crippen LogP contribution is -2.18. The molecule has 2 N–H and O–H groups in total. The standard InChI is InChI=1S/C27H26N4O5S2/c1-4-36-27(33)21-9-13-24(14-10-21)31-18(2)16-22(19(31)3)17-28-29-26(32)20-7-11-23(12-8-20)30-38(34,35)25-6-5-15-37-25/h5-17,30H,4H2,1-3H3,(H,29,32). The van der Waals surface area contributed by atoms with Crippen molar-refractivity contribution >= 4 is 45.1 Å². The van der Waals surface area contributed by atoms with Crippen LogP contribution in [0.1, 0.15) is 44.6 Å². The molecule has 2 aromatic heterocycles. The summed E-state index contributed by atoms with van der Waals surface area (Å²) in [4.78, 5) is 24.4. The molecule has 0 radical (unpaired) electrons. The van der Waals surface area contributed by atoms with E-state index in [1.807, 2.05) is 36.6 Å². The number of carbonyl (C=O) groups excluding carboxylic acids is 2. The lowest BCUT2D eigenvalue weighted by Gasteiger charge is -2.10. The summed E-state index contributed by atoms with van der Waals surface area (Å²) in [6, 6.07) is 18.3. The molecule has 0 bridgehead atoms. The second kappa shape index (κ2) is 11.4. The van der Waals surface area contributed by atoms with Gasteiger partial charge in [0.1, 0.15) is 4.21 Å². The van der Waals surface area contributed by atoms with Gasteiger partial charge in [-0.3, -0.25) is 9.52 Å². The molecular weight excluding hydrogens is 524 g/mol. The molecule has 0 atom stereocenters. The maximum atomic E-state index is 12.5. The number of aromatic nitrogens is 1. The van der Waals surface area contributed by atoms with Crippen LogP contribution in [0.15, 0.2) is 81.4 Å². The van der Waals surface area contributed by atoms with Gasteiger partial charge in [-0.25, -0.2) is 18.6 Å². The van der Waals surface area contributed by atoms with Crippen LogP contribution in [0.3, 0.4) is 0 Å². The van der Waals surface area contributed by atoms with E-state index in [1.54, 1.807) is 36.7 Å². The highest BCUT2D eigenvalue weighted by Gasteiger charge is 2.16. The summed E-state index contributed by atoms with van der Waals surface area (Å²) in [5.41, 5.74) is 7.22. The number of aryl methyl sites for hydroxylation is 1. The van der Waals surface area contributed by atoms with Crippen molar-refractivity contribution < 1.29 is 22.7 Å². The van der Waals surface area contributed by atoms with Crippen LogP contribution < -0.4 is 10.1 Å². The van der Waals surface area contributed by atoms with Crippen molar-refractivity contribution in [2.24, 2.45) is 5.10 Å². The summed E-state index contributed by atoms with van der Waals surface area (Å²) in [6.45, 7) is 5.97. The Hall–Kier alpha value is -4.22. The quantitative estimate of drug-likeness (QED) is 0.175. The summed E-state index contributed by atoms with van der Waals surface area (Å²) in [5.74, 6) is -0.796. The number of hydrogen-bond donors (Lipinski definition) is 2. The minimum Gasteiger partial charge on any atom is -0.462 e. The second-order valence-corrected chi connectivity index (χ2v) is 11.1. The molecule has 0 saturated heterocycles. The first-order valence-electron chi connectivity index (χ1n) is 11.7. The van der Waals surface area contributed by atoms with Crippen molar-refractivity contribution in [1.29, 1.82) is 0 Å². The van der Waals surface area contributed by atoms with Gasteiger partial charge in [-0.15, -0.1) is 11.3 Å². The monoisotopic (exact) mass is 550 g/mol.